The Kier molecular flexibility index (Phi) is 3.72. The average Bonchev–Trinajstić information content (AvgIpc) is 3.22. The summed E-state index contributed by atoms with van der Waals surface area (Å²) in [6.07, 6.45) is 0. The lowest BCUT2D eigenvalue weighted by Gasteiger charge is -2.32. The molecule has 0 aromatic heterocycles. The van der Waals surface area contributed by atoms with Crippen LogP contribution in [0.3, 0.4) is 0 Å². The molecule has 0 bridgehead atoms. The summed E-state index contributed by atoms with van der Waals surface area (Å²) in [6.45, 7) is 0. The maximum atomic E-state index is 6.95. The highest BCUT2D eigenvalue weighted by Crippen LogP contribution is 2.78. The zero-order valence-corrected chi connectivity index (χ0v) is 16.2. The van der Waals surface area contributed by atoms with Gasteiger partial charge in [-0.1, -0.05) is 89.9 Å². The molecule has 2 aliphatic rings. The van der Waals surface area contributed by atoms with Crippen molar-refractivity contribution in [3.63, 3.8) is 0 Å². The number of halogens is 2. The Bertz CT molecular complexity index is 1000. The van der Waals surface area contributed by atoms with Gasteiger partial charge in [-0.2, -0.15) is 0 Å². The fraction of sp³-hybridized carbons (Fsp3) is 0.217. The van der Waals surface area contributed by atoms with Crippen molar-refractivity contribution in [2.75, 3.05) is 7.11 Å². The number of rotatable bonds is 3. The van der Waals surface area contributed by atoms with E-state index in [4.69, 9.17) is 32.7 Å². The topological polar surface area (TPSA) is 18.5 Å². The van der Waals surface area contributed by atoms with E-state index >= 15 is 0 Å². The van der Waals surface area contributed by atoms with Gasteiger partial charge in [-0.25, -0.2) is 0 Å². The van der Waals surface area contributed by atoms with E-state index in [1.165, 1.54) is 5.56 Å². The van der Waals surface area contributed by atoms with Gasteiger partial charge in [0.2, 0.25) is 0 Å². The fourth-order valence-corrected chi connectivity index (χ4v) is 5.52. The zero-order valence-electron chi connectivity index (χ0n) is 14.7. The van der Waals surface area contributed by atoms with Gasteiger partial charge in [-0.15, -0.1) is 0 Å². The molecule has 1 saturated carbocycles. The maximum absolute atomic E-state index is 6.95. The number of fused-ring (bicyclic) bond motifs is 2. The van der Waals surface area contributed by atoms with Gasteiger partial charge in [0, 0.05) is 17.0 Å². The number of para-hydroxylation sites is 2. The molecule has 0 radical (unpaired) electrons. The van der Waals surface area contributed by atoms with Gasteiger partial charge in [0.25, 0.3) is 0 Å². The molecule has 1 aliphatic heterocycles. The van der Waals surface area contributed by atoms with Gasteiger partial charge in [0.15, 0.2) is 9.93 Å². The molecule has 1 aliphatic carbocycles. The van der Waals surface area contributed by atoms with E-state index in [9.17, 15) is 0 Å². The minimum Gasteiger partial charge on any atom is -0.496 e. The number of alkyl halides is 2. The molecule has 2 nitrogen and oxygen atoms in total. The predicted octanol–water partition coefficient (Wildman–Crippen LogP) is 5.92. The van der Waals surface area contributed by atoms with Crippen molar-refractivity contribution >= 4 is 23.2 Å². The van der Waals surface area contributed by atoms with E-state index in [2.05, 4.69) is 18.2 Å². The summed E-state index contributed by atoms with van der Waals surface area (Å²) in [4.78, 5) is 0. The monoisotopic (exact) mass is 396 g/mol. The van der Waals surface area contributed by atoms with Crippen LogP contribution >= 0.6 is 23.2 Å². The lowest BCUT2D eigenvalue weighted by atomic mass is 9.82. The summed E-state index contributed by atoms with van der Waals surface area (Å²) in [5.41, 5.74) is 2.33. The third-order valence-electron chi connectivity index (χ3n) is 5.76. The van der Waals surface area contributed by atoms with Gasteiger partial charge >= 0.3 is 0 Å². The minimum atomic E-state index is -1.07. The number of ether oxygens (including phenoxy) is 2. The molecule has 0 amide bonds. The highest BCUT2D eigenvalue weighted by atomic mass is 35.5. The maximum Gasteiger partial charge on any atom is 0.177 e. The highest BCUT2D eigenvalue weighted by molar-refractivity contribution is 6.52. The molecular formula is C23H18Cl2O2. The molecule has 5 rings (SSSR count). The van der Waals surface area contributed by atoms with Crippen molar-refractivity contribution in [1.82, 2.24) is 0 Å². The lowest BCUT2D eigenvalue weighted by molar-refractivity contribution is 0.134. The summed E-state index contributed by atoms with van der Waals surface area (Å²) in [5, 5.41) is 0. The normalized spacial score (nSPS) is 27.1. The van der Waals surface area contributed by atoms with E-state index in [-0.39, 0.29) is 11.8 Å². The molecule has 1 fully saturated rings. The molecule has 27 heavy (non-hydrogen) atoms. The summed E-state index contributed by atoms with van der Waals surface area (Å²) in [5.74, 6) is 1.46. The fourth-order valence-electron chi connectivity index (χ4n) is 4.55. The van der Waals surface area contributed by atoms with Gasteiger partial charge in [-0.05, 0) is 17.7 Å². The van der Waals surface area contributed by atoms with Gasteiger partial charge < -0.3 is 9.47 Å². The van der Waals surface area contributed by atoms with Crippen molar-refractivity contribution in [2.24, 2.45) is 5.92 Å². The molecular weight excluding hydrogens is 379 g/mol. The molecule has 0 unspecified atom stereocenters. The largest absolute Gasteiger partial charge is 0.496 e. The third kappa shape index (κ3) is 2.20. The number of hydrogen-bond acceptors (Lipinski definition) is 2. The second-order valence-corrected chi connectivity index (χ2v) is 8.45. The van der Waals surface area contributed by atoms with Gasteiger partial charge in [-0.3, -0.25) is 0 Å². The van der Waals surface area contributed by atoms with Crippen LogP contribution in [-0.2, 0) is 5.60 Å². The van der Waals surface area contributed by atoms with E-state index in [0.717, 1.165) is 22.6 Å². The Morgan fingerprint density at radius 1 is 0.852 bits per heavy atom. The van der Waals surface area contributed by atoms with Gasteiger partial charge in [0.1, 0.15) is 11.5 Å². The van der Waals surface area contributed by atoms with Crippen LogP contribution in [0.25, 0.3) is 0 Å². The first-order chi connectivity index (χ1) is 13.1. The SMILES string of the molecule is COc1ccccc1[C@]12Oc3ccccc3[C@@H](c3ccccc3)[C@@H]1C2(Cl)Cl. The molecule has 3 aromatic rings. The number of hydrogen-bond donors (Lipinski definition) is 0. The van der Waals surface area contributed by atoms with Crippen LogP contribution < -0.4 is 9.47 Å². The Balaban J connectivity index is 1.76. The van der Waals surface area contributed by atoms with Crippen LogP contribution in [0, 0.1) is 5.92 Å². The molecule has 0 spiro atoms. The predicted molar refractivity (Wildman–Crippen MR) is 108 cm³/mol. The van der Waals surface area contributed by atoms with Crippen molar-refractivity contribution in [1.29, 1.82) is 0 Å². The second-order valence-electron chi connectivity index (χ2n) is 7.06. The molecule has 0 N–H and O–H groups in total. The quantitative estimate of drug-likeness (QED) is 0.511. The molecule has 136 valence electrons. The molecule has 0 saturated heterocycles. The summed E-state index contributed by atoms with van der Waals surface area (Å²) in [7, 11) is 1.66. The Morgan fingerprint density at radius 2 is 1.52 bits per heavy atom. The standard InChI is InChI=1S/C23H18Cl2O2/c1-26-19-14-8-6-12-17(19)22-21(23(22,24)25)20(15-9-3-2-4-10-15)16-11-5-7-13-18(16)27-22/h2-14,20-21H,1H3/t20-,21+,22+/m1/s1. The van der Waals surface area contributed by atoms with Crippen molar-refractivity contribution < 1.29 is 9.47 Å². The molecule has 4 heteroatoms. The molecule has 3 aromatic carbocycles. The first-order valence-electron chi connectivity index (χ1n) is 8.95. The van der Waals surface area contributed by atoms with Crippen molar-refractivity contribution in [3.8, 4) is 11.5 Å². The van der Waals surface area contributed by atoms with Crippen LogP contribution in [-0.4, -0.2) is 11.4 Å². The van der Waals surface area contributed by atoms with E-state index < -0.39 is 9.93 Å². The highest BCUT2D eigenvalue weighted by Gasteiger charge is 2.84. The molecule has 3 atom stereocenters. The first kappa shape index (κ1) is 17.0. The van der Waals surface area contributed by atoms with Crippen molar-refractivity contribution in [2.45, 2.75) is 15.9 Å². The summed E-state index contributed by atoms with van der Waals surface area (Å²) in [6, 6.07) is 26.3. The lowest BCUT2D eigenvalue weighted by Crippen LogP contribution is -2.29. The van der Waals surface area contributed by atoms with Crippen LogP contribution in [0.2, 0.25) is 0 Å². The Morgan fingerprint density at radius 3 is 2.30 bits per heavy atom. The summed E-state index contributed by atoms with van der Waals surface area (Å²) < 4.78 is 11.1. The second kappa shape index (κ2) is 5.92. The smallest absolute Gasteiger partial charge is 0.177 e. The van der Waals surface area contributed by atoms with Crippen LogP contribution in [0.1, 0.15) is 22.6 Å². The third-order valence-corrected chi connectivity index (χ3v) is 6.80. The van der Waals surface area contributed by atoms with E-state index in [1.807, 2.05) is 60.7 Å². The van der Waals surface area contributed by atoms with Gasteiger partial charge in [0.05, 0.1) is 13.0 Å². The Labute approximate surface area is 168 Å². The van der Waals surface area contributed by atoms with Crippen LogP contribution in [0.15, 0.2) is 78.9 Å². The zero-order chi connectivity index (χ0) is 18.6. The molecule has 1 heterocycles. The average molecular weight is 397 g/mol. The van der Waals surface area contributed by atoms with Crippen molar-refractivity contribution in [3.05, 3.63) is 95.6 Å². The van der Waals surface area contributed by atoms with E-state index in [1.54, 1.807) is 7.11 Å². The van der Waals surface area contributed by atoms with E-state index in [0.29, 0.717) is 0 Å². The summed E-state index contributed by atoms with van der Waals surface area (Å²) >= 11 is 13.9. The van der Waals surface area contributed by atoms with Crippen LogP contribution in [0.4, 0.5) is 0 Å². The number of methoxy groups -OCH3 is 1. The minimum absolute atomic E-state index is 0.0380. The first-order valence-corrected chi connectivity index (χ1v) is 9.71. The van der Waals surface area contributed by atoms with Crippen LogP contribution in [0.5, 0.6) is 11.5 Å². The Hall–Kier alpha value is -2.16. The number of benzene rings is 3.